The van der Waals surface area contributed by atoms with Crippen molar-refractivity contribution in [1.29, 1.82) is 0 Å². The molecule has 0 aliphatic carbocycles. The minimum atomic E-state index is -0.812. The van der Waals surface area contributed by atoms with E-state index in [0.717, 1.165) is 16.8 Å². The Labute approximate surface area is 128 Å². The van der Waals surface area contributed by atoms with Gasteiger partial charge in [-0.2, -0.15) is 0 Å². The van der Waals surface area contributed by atoms with Crippen LogP contribution in [0.5, 0.6) is 0 Å². The van der Waals surface area contributed by atoms with E-state index in [1.165, 1.54) is 7.11 Å². The zero-order valence-electron chi connectivity index (χ0n) is 12.5. The highest BCUT2D eigenvalue weighted by Crippen LogP contribution is 2.28. The van der Waals surface area contributed by atoms with Gasteiger partial charge in [-0.3, -0.25) is 0 Å². The van der Waals surface area contributed by atoms with Gasteiger partial charge in [-0.15, -0.1) is 0 Å². The van der Waals surface area contributed by atoms with Gasteiger partial charge in [-0.25, -0.2) is 4.79 Å². The van der Waals surface area contributed by atoms with Crippen molar-refractivity contribution in [3.8, 4) is 0 Å². The van der Waals surface area contributed by atoms with E-state index in [1.54, 1.807) is 6.07 Å². The first-order chi connectivity index (χ1) is 10.6. The van der Waals surface area contributed by atoms with Crippen LogP contribution >= 0.6 is 0 Å². The maximum absolute atomic E-state index is 12.0. The maximum Gasteiger partial charge on any atom is 0.340 e. The minimum Gasteiger partial charge on any atom is -0.465 e. The monoisotopic (exact) mass is 295 g/mol. The Morgan fingerprint density at radius 3 is 2.55 bits per heavy atom. The number of benzene rings is 1. The normalized spacial score (nSPS) is 12.3. The van der Waals surface area contributed by atoms with Crippen LogP contribution in [-0.4, -0.2) is 22.6 Å². The quantitative estimate of drug-likeness (QED) is 0.755. The third kappa shape index (κ3) is 2.27. The van der Waals surface area contributed by atoms with Crippen molar-refractivity contribution in [3.05, 3.63) is 77.1 Å². The SMILES string of the molecule is COC(=O)c1cc(C(O)c2ccccc2)n2c(C)cccc12. The number of carbonyl (C=O) groups is 1. The van der Waals surface area contributed by atoms with E-state index in [4.69, 9.17) is 4.74 Å². The molecule has 112 valence electrons. The average Bonchev–Trinajstić information content (AvgIpc) is 2.95. The lowest BCUT2D eigenvalue weighted by atomic mass is 10.1. The highest BCUT2D eigenvalue weighted by molar-refractivity contribution is 5.97. The molecule has 3 rings (SSSR count). The lowest BCUT2D eigenvalue weighted by molar-refractivity contribution is 0.0603. The second-order valence-electron chi connectivity index (χ2n) is 5.18. The molecule has 1 aromatic carbocycles. The van der Waals surface area contributed by atoms with Gasteiger partial charge in [-0.05, 0) is 30.7 Å². The van der Waals surface area contributed by atoms with Crippen molar-refractivity contribution < 1.29 is 14.6 Å². The lowest BCUT2D eigenvalue weighted by Gasteiger charge is -2.13. The number of carbonyl (C=O) groups excluding carboxylic acids is 1. The summed E-state index contributed by atoms with van der Waals surface area (Å²) >= 11 is 0. The number of pyridine rings is 1. The second-order valence-corrected chi connectivity index (χ2v) is 5.18. The van der Waals surface area contributed by atoms with Gasteiger partial charge in [0.25, 0.3) is 0 Å². The van der Waals surface area contributed by atoms with Crippen molar-refractivity contribution in [2.45, 2.75) is 13.0 Å². The van der Waals surface area contributed by atoms with Crippen LogP contribution in [-0.2, 0) is 4.74 Å². The van der Waals surface area contributed by atoms with E-state index in [0.29, 0.717) is 11.3 Å². The highest BCUT2D eigenvalue weighted by Gasteiger charge is 2.21. The predicted molar refractivity (Wildman–Crippen MR) is 84.0 cm³/mol. The van der Waals surface area contributed by atoms with Crippen LogP contribution in [0.25, 0.3) is 5.52 Å². The van der Waals surface area contributed by atoms with Gasteiger partial charge >= 0.3 is 5.97 Å². The smallest absolute Gasteiger partial charge is 0.340 e. The molecule has 0 fully saturated rings. The number of hydrogen-bond acceptors (Lipinski definition) is 3. The zero-order chi connectivity index (χ0) is 15.7. The summed E-state index contributed by atoms with van der Waals surface area (Å²) in [5, 5.41) is 10.7. The van der Waals surface area contributed by atoms with Crippen LogP contribution in [0.3, 0.4) is 0 Å². The van der Waals surface area contributed by atoms with Gasteiger partial charge in [0.05, 0.1) is 23.9 Å². The number of ether oxygens (including phenoxy) is 1. The first-order valence-electron chi connectivity index (χ1n) is 7.05. The third-order valence-electron chi connectivity index (χ3n) is 3.81. The number of rotatable bonds is 3. The van der Waals surface area contributed by atoms with E-state index in [9.17, 15) is 9.90 Å². The highest BCUT2D eigenvalue weighted by atomic mass is 16.5. The number of aliphatic hydroxyl groups excluding tert-OH is 1. The number of methoxy groups -OCH3 is 1. The summed E-state index contributed by atoms with van der Waals surface area (Å²) in [5.41, 5.74) is 3.56. The van der Waals surface area contributed by atoms with E-state index in [-0.39, 0.29) is 0 Å². The van der Waals surface area contributed by atoms with Crippen LogP contribution < -0.4 is 0 Å². The summed E-state index contributed by atoms with van der Waals surface area (Å²) in [5.74, 6) is -0.408. The number of aliphatic hydroxyl groups is 1. The van der Waals surface area contributed by atoms with Crippen molar-refractivity contribution in [2.75, 3.05) is 7.11 Å². The molecule has 3 aromatic rings. The van der Waals surface area contributed by atoms with E-state index >= 15 is 0 Å². The molecule has 4 heteroatoms. The third-order valence-corrected chi connectivity index (χ3v) is 3.81. The van der Waals surface area contributed by atoms with Gasteiger partial charge in [0.2, 0.25) is 0 Å². The molecule has 1 N–H and O–H groups in total. The number of aromatic nitrogens is 1. The fraction of sp³-hybridized carbons (Fsp3) is 0.167. The topological polar surface area (TPSA) is 50.9 Å². The molecule has 0 aliphatic rings. The zero-order valence-corrected chi connectivity index (χ0v) is 12.5. The van der Waals surface area contributed by atoms with Crippen LogP contribution in [0.4, 0.5) is 0 Å². The number of nitrogens with zero attached hydrogens (tertiary/aromatic N) is 1. The van der Waals surface area contributed by atoms with E-state index in [1.807, 2.05) is 59.9 Å². The van der Waals surface area contributed by atoms with Gasteiger partial charge in [0.15, 0.2) is 0 Å². The molecule has 0 aliphatic heterocycles. The fourth-order valence-corrected chi connectivity index (χ4v) is 2.74. The van der Waals surface area contributed by atoms with E-state index in [2.05, 4.69) is 0 Å². The van der Waals surface area contributed by atoms with Crippen molar-refractivity contribution in [3.63, 3.8) is 0 Å². The fourth-order valence-electron chi connectivity index (χ4n) is 2.74. The summed E-state index contributed by atoms with van der Waals surface area (Å²) in [6.45, 7) is 1.94. The number of esters is 1. The molecule has 0 saturated heterocycles. The molecule has 1 unspecified atom stereocenters. The largest absolute Gasteiger partial charge is 0.465 e. The molecule has 22 heavy (non-hydrogen) atoms. The van der Waals surface area contributed by atoms with Gasteiger partial charge in [-0.1, -0.05) is 36.4 Å². The molecule has 2 heterocycles. The molecule has 1 atom stereocenters. The Morgan fingerprint density at radius 1 is 1.14 bits per heavy atom. The molecular weight excluding hydrogens is 278 g/mol. The molecule has 0 saturated carbocycles. The molecule has 0 amide bonds. The summed E-state index contributed by atoms with van der Waals surface area (Å²) < 4.78 is 6.74. The standard InChI is InChI=1S/C18H17NO3/c1-12-7-6-10-15-14(18(21)22-2)11-16(19(12)15)17(20)13-8-4-3-5-9-13/h3-11,17,20H,1-2H3. The first kappa shape index (κ1) is 14.4. The van der Waals surface area contributed by atoms with Crippen LogP contribution in [0.1, 0.15) is 33.4 Å². The lowest BCUT2D eigenvalue weighted by Crippen LogP contribution is -2.05. The molecule has 4 nitrogen and oxygen atoms in total. The Kier molecular flexibility index (Phi) is 3.69. The molecule has 0 bridgehead atoms. The minimum absolute atomic E-state index is 0.408. The predicted octanol–water partition coefficient (Wildman–Crippen LogP) is 3.12. The summed E-state index contributed by atoms with van der Waals surface area (Å²) in [4.78, 5) is 12.0. The Bertz CT molecular complexity index is 821. The van der Waals surface area contributed by atoms with Crippen molar-refractivity contribution >= 4 is 11.5 Å². The average molecular weight is 295 g/mol. The van der Waals surface area contributed by atoms with Crippen molar-refractivity contribution in [1.82, 2.24) is 4.40 Å². The Morgan fingerprint density at radius 2 is 1.86 bits per heavy atom. The molecule has 0 radical (unpaired) electrons. The number of fused-ring (bicyclic) bond motifs is 1. The van der Waals surface area contributed by atoms with Crippen LogP contribution in [0, 0.1) is 6.92 Å². The number of aryl methyl sites for hydroxylation is 1. The van der Waals surface area contributed by atoms with Crippen LogP contribution in [0.2, 0.25) is 0 Å². The summed E-state index contributed by atoms with van der Waals surface area (Å²) in [7, 11) is 1.36. The maximum atomic E-state index is 12.0. The molecular formula is C18H17NO3. The van der Waals surface area contributed by atoms with Crippen molar-refractivity contribution in [2.24, 2.45) is 0 Å². The molecule has 0 spiro atoms. The summed E-state index contributed by atoms with van der Waals surface area (Å²) in [6.07, 6.45) is -0.812. The van der Waals surface area contributed by atoms with Gasteiger partial charge in [0, 0.05) is 5.69 Å². The van der Waals surface area contributed by atoms with Gasteiger partial charge < -0.3 is 14.2 Å². The second kappa shape index (κ2) is 5.66. The van der Waals surface area contributed by atoms with Gasteiger partial charge in [0.1, 0.15) is 6.10 Å². The molecule has 2 aromatic heterocycles. The summed E-state index contributed by atoms with van der Waals surface area (Å²) in [6, 6.07) is 16.8. The first-order valence-corrected chi connectivity index (χ1v) is 7.05. The number of hydrogen-bond donors (Lipinski definition) is 1. The Balaban J connectivity index is 2.24. The Hall–Kier alpha value is -2.59. The van der Waals surface area contributed by atoms with E-state index < -0.39 is 12.1 Å². The van der Waals surface area contributed by atoms with Crippen LogP contribution in [0.15, 0.2) is 54.6 Å².